The topological polar surface area (TPSA) is 97.1 Å². The molecule has 0 radical (unpaired) electrons. The van der Waals surface area contributed by atoms with E-state index in [2.05, 4.69) is 16.4 Å². The van der Waals surface area contributed by atoms with Gasteiger partial charge < -0.3 is 9.47 Å². The minimum absolute atomic E-state index is 0.0431. The van der Waals surface area contributed by atoms with E-state index in [4.69, 9.17) is 0 Å². The Balaban J connectivity index is 1.71. The highest BCUT2D eigenvalue weighted by Gasteiger charge is 2.21. The van der Waals surface area contributed by atoms with E-state index in [1.807, 2.05) is 30.3 Å². The molecule has 1 atom stereocenters. The highest BCUT2D eigenvalue weighted by Crippen LogP contribution is 2.31. The van der Waals surface area contributed by atoms with Gasteiger partial charge in [-0.25, -0.2) is 0 Å². The lowest BCUT2D eigenvalue weighted by Gasteiger charge is -2.31. The number of para-hydroxylation sites is 1. The highest BCUT2D eigenvalue weighted by molar-refractivity contribution is 6.07. The number of nitriles is 1. The Morgan fingerprint density at radius 2 is 1.88 bits per heavy atom. The van der Waals surface area contributed by atoms with Gasteiger partial charge in [-0.1, -0.05) is 25.1 Å². The van der Waals surface area contributed by atoms with Crippen molar-refractivity contribution >= 4 is 27.6 Å². The summed E-state index contributed by atoms with van der Waals surface area (Å²) in [5.74, 6) is 0.685. The number of fused-ring (bicyclic) bond motifs is 3. The van der Waals surface area contributed by atoms with Crippen LogP contribution >= 0.6 is 0 Å². The maximum Gasteiger partial charge on any atom is 0.273 e. The second-order valence-electron chi connectivity index (χ2n) is 9.03. The predicted octanol–water partition coefficient (Wildman–Crippen LogP) is 4.46. The fraction of sp³-hybridized carbons (Fsp3) is 0.308. The number of likely N-dealkylation sites (tertiary alicyclic amines) is 1. The first-order chi connectivity index (χ1) is 16.5. The monoisotopic (exact) mass is 455 g/mol. The lowest BCUT2D eigenvalue weighted by Crippen LogP contribution is -2.36. The van der Waals surface area contributed by atoms with Gasteiger partial charge in [-0.15, -0.1) is 0 Å². The normalized spacial score (nSPS) is 16.6. The van der Waals surface area contributed by atoms with E-state index in [0.717, 1.165) is 42.6 Å². The molecule has 1 aliphatic heterocycles. The molecule has 0 aliphatic carbocycles. The second-order valence-corrected chi connectivity index (χ2v) is 9.03. The SMILES string of the molecule is CC1CCCN(CCn2c3ccccc3c3c2cc(C#N)c(=O)n3-c2ccc([N+](=O)[O-])cc2)C1. The average molecular weight is 456 g/mol. The molecule has 8 nitrogen and oxygen atoms in total. The lowest BCUT2D eigenvalue weighted by molar-refractivity contribution is -0.384. The molecule has 2 aromatic heterocycles. The quantitative estimate of drug-likeness (QED) is 0.327. The van der Waals surface area contributed by atoms with Gasteiger partial charge in [-0.3, -0.25) is 19.5 Å². The van der Waals surface area contributed by atoms with Crippen molar-refractivity contribution in [1.82, 2.24) is 14.0 Å². The van der Waals surface area contributed by atoms with E-state index in [-0.39, 0.29) is 11.3 Å². The van der Waals surface area contributed by atoms with Gasteiger partial charge in [0.05, 0.1) is 21.5 Å². The molecule has 4 aromatic rings. The molecule has 2 aromatic carbocycles. The molecular formula is C26H25N5O3. The average Bonchev–Trinajstić information content (AvgIpc) is 3.15. The lowest BCUT2D eigenvalue weighted by atomic mass is 10.0. The van der Waals surface area contributed by atoms with Crippen LogP contribution in [-0.4, -0.2) is 38.6 Å². The minimum Gasteiger partial charge on any atom is -0.338 e. The van der Waals surface area contributed by atoms with Crippen LogP contribution in [0.25, 0.3) is 27.6 Å². The van der Waals surface area contributed by atoms with Crippen molar-refractivity contribution in [1.29, 1.82) is 5.26 Å². The molecule has 0 amide bonds. The summed E-state index contributed by atoms with van der Waals surface area (Å²) in [4.78, 5) is 26.4. The summed E-state index contributed by atoms with van der Waals surface area (Å²) in [6, 6.07) is 17.5. The molecule has 0 N–H and O–H groups in total. The number of nitro benzene ring substituents is 1. The van der Waals surface area contributed by atoms with Crippen molar-refractivity contribution < 1.29 is 4.92 Å². The van der Waals surface area contributed by atoms with Gasteiger partial charge in [0.2, 0.25) is 0 Å². The van der Waals surface area contributed by atoms with E-state index >= 15 is 0 Å². The first kappa shape index (κ1) is 21.9. The van der Waals surface area contributed by atoms with Crippen LogP contribution in [0.5, 0.6) is 0 Å². The molecule has 5 rings (SSSR count). The number of non-ortho nitro benzene ring substituents is 1. The van der Waals surface area contributed by atoms with Crippen molar-refractivity contribution in [2.24, 2.45) is 5.92 Å². The summed E-state index contributed by atoms with van der Waals surface area (Å²) < 4.78 is 3.70. The Kier molecular flexibility index (Phi) is 5.64. The summed E-state index contributed by atoms with van der Waals surface area (Å²) in [5.41, 5.74) is 2.56. The van der Waals surface area contributed by atoms with E-state index in [9.17, 15) is 20.2 Å². The Labute approximate surface area is 196 Å². The van der Waals surface area contributed by atoms with Gasteiger partial charge >= 0.3 is 0 Å². The van der Waals surface area contributed by atoms with Crippen molar-refractivity contribution in [3.8, 4) is 11.8 Å². The van der Waals surface area contributed by atoms with Gasteiger partial charge in [0.25, 0.3) is 11.2 Å². The summed E-state index contributed by atoms with van der Waals surface area (Å²) in [5, 5.41) is 21.7. The largest absolute Gasteiger partial charge is 0.338 e. The van der Waals surface area contributed by atoms with Gasteiger partial charge in [-0.05, 0) is 49.6 Å². The molecule has 8 heteroatoms. The van der Waals surface area contributed by atoms with E-state index in [1.54, 1.807) is 18.2 Å². The molecule has 0 bridgehead atoms. The van der Waals surface area contributed by atoms with Crippen LogP contribution in [0.15, 0.2) is 59.4 Å². The van der Waals surface area contributed by atoms with Crippen LogP contribution < -0.4 is 5.56 Å². The summed E-state index contributed by atoms with van der Waals surface area (Å²) in [7, 11) is 0. The zero-order valence-corrected chi connectivity index (χ0v) is 19.0. The van der Waals surface area contributed by atoms with Gasteiger partial charge in [0.1, 0.15) is 11.6 Å². The number of nitrogens with zero attached hydrogens (tertiary/aromatic N) is 5. The van der Waals surface area contributed by atoms with Crippen LogP contribution in [0.4, 0.5) is 5.69 Å². The van der Waals surface area contributed by atoms with E-state index in [1.165, 1.54) is 29.5 Å². The molecule has 0 saturated carbocycles. The van der Waals surface area contributed by atoms with Gasteiger partial charge in [0.15, 0.2) is 0 Å². The Morgan fingerprint density at radius 3 is 2.59 bits per heavy atom. The zero-order valence-electron chi connectivity index (χ0n) is 19.0. The molecule has 172 valence electrons. The number of hydrogen-bond acceptors (Lipinski definition) is 5. The highest BCUT2D eigenvalue weighted by atomic mass is 16.6. The zero-order chi connectivity index (χ0) is 23.8. The number of piperidine rings is 1. The summed E-state index contributed by atoms with van der Waals surface area (Å²) in [6.45, 7) is 6.07. The fourth-order valence-corrected chi connectivity index (χ4v) is 5.13. The van der Waals surface area contributed by atoms with Crippen molar-refractivity contribution in [2.45, 2.75) is 26.3 Å². The number of pyridine rings is 1. The molecular weight excluding hydrogens is 430 g/mol. The van der Waals surface area contributed by atoms with Crippen molar-refractivity contribution in [3.05, 3.63) is 80.6 Å². The smallest absolute Gasteiger partial charge is 0.273 e. The molecule has 1 unspecified atom stereocenters. The first-order valence-electron chi connectivity index (χ1n) is 11.5. The molecule has 0 spiro atoms. The Hall–Kier alpha value is -3.96. The van der Waals surface area contributed by atoms with E-state index in [0.29, 0.717) is 17.1 Å². The van der Waals surface area contributed by atoms with Crippen LogP contribution in [0.1, 0.15) is 25.3 Å². The van der Waals surface area contributed by atoms with Crippen LogP contribution in [0.3, 0.4) is 0 Å². The van der Waals surface area contributed by atoms with Crippen molar-refractivity contribution in [3.63, 3.8) is 0 Å². The Bertz CT molecular complexity index is 1490. The first-order valence-corrected chi connectivity index (χ1v) is 11.5. The third-order valence-corrected chi connectivity index (χ3v) is 6.74. The fourth-order valence-electron chi connectivity index (χ4n) is 5.13. The maximum absolute atomic E-state index is 13.3. The van der Waals surface area contributed by atoms with Crippen LogP contribution in [0.2, 0.25) is 0 Å². The molecule has 1 aliphatic rings. The van der Waals surface area contributed by atoms with Gasteiger partial charge in [0, 0.05) is 42.8 Å². The summed E-state index contributed by atoms with van der Waals surface area (Å²) >= 11 is 0. The summed E-state index contributed by atoms with van der Waals surface area (Å²) in [6.07, 6.45) is 2.46. The number of hydrogen-bond donors (Lipinski definition) is 0. The van der Waals surface area contributed by atoms with Gasteiger partial charge in [-0.2, -0.15) is 5.26 Å². The van der Waals surface area contributed by atoms with Crippen LogP contribution in [0, 0.1) is 27.4 Å². The number of benzene rings is 2. The maximum atomic E-state index is 13.3. The third-order valence-electron chi connectivity index (χ3n) is 6.74. The van der Waals surface area contributed by atoms with Crippen LogP contribution in [-0.2, 0) is 6.54 Å². The number of nitro groups is 1. The third kappa shape index (κ3) is 3.74. The molecule has 1 fully saturated rings. The molecule has 34 heavy (non-hydrogen) atoms. The molecule has 3 heterocycles. The van der Waals surface area contributed by atoms with E-state index < -0.39 is 10.5 Å². The number of rotatable bonds is 5. The molecule has 1 saturated heterocycles. The number of aromatic nitrogens is 2. The standard InChI is InChI=1S/C26H25N5O3/c1-18-5-4-12-28(17-18)13-14-29-23-7-3-2-6-22(23)25-24(29)15-19(16-27)26(32)30(25)20-8-10-21(11-9-20)31(33)34/h2-3,6-11,15,18H,4-5,12-14,17H2,1H3. The Morgan fingerprint density at radius 1 is 1.12 bits per heavy atom. The minimum atomic E-state index is -0.471. The second kappa shape index (κ2) is 8.76. The van der Waals surface area contributed by atoms with Crippen molar-refractivity contribution in [2.75, 3.05) is 19.6 Å². The predicted molar refractivity (Wildman–Crippen MR) is 131 cm³/mol.